The third kappa shape index (κ3) is 4.55. The molecule has 0 bridgehead atoms. The smallest absolute Gasteiger partial charge is 0.228 e. The van der Waals surface area contributed by atoms with Crippen molar-refractivity contribution >= 4 is 34.8 Å². The van der Waals surface area contributed by atoms with Crippen molar-refractivity contribution in [1.82, 2.24) is 10.2 Å². The fourth-order valence-corrected chi connectivity index (χ4v) is 4.20. The zero-order chi connectivity index (χ0) is 19.3. The highest BCUT2D eigenvalue weighted by Gasteiger charge is 2.22. The van der Waals surface area contributed by atoms with Crippen molar-refractivity contribution in [3.8, 4) is 0 Å². The van der Waals surface area contributed by atoms with Gasteiger partial charge in [0.05, 0.1) is 0 Å². The Balaban J connectivity index is 1.31. The standard InChI is InChI=1S/C21H26ClN5O/c22-17-7-4-8-18(15-17)26-11-13-27(14-12-26)20-10-9-19(24-25-20)23-21(28)16-5-2-1-3-6-16/h4,7-10,15-16H,1-3,5-6,11-14H2,(H,23,24,28). The van der Waals surface area contributed by atoms with Crippen LogP contribution in [-0.2, 0) is 4.79 Å². The monoisotopic (exact) mass is 399 g/mol. The highest BCUT2D eigenvalue weighted by Crippen LogP contribution is 2.25. The fraction of sp³-hybridized carbons (Fsp3) is 0.476. The van der Waals surface area contributed by atoms with Crippen molar-refractivity contribution in [1.29, 1.82) is 0 Å². The fourth-order valence-electron chi connectivity index (χ4n) is 4.02. The maximum Gasteiger partial charge on any atom is 0.228 e. The van der Waals surface area contributed by atoms with Gasteiger partial charge in [0.2, 0.25) is 5.91 Å². The van der Waals surface area contributed by atoms with Crippen molar-refractivity contribution in [3.63, 3.8) is 0 Å². The van der Waals surface area contributed by atoms with Crippen molar-refractivity contribution < 1.29 is 4.79 Å². The van der Waals surface area contributed by atoms with Gasteiger partial charge in [-0.15, -0.1) is 10.2 Å². The van der Waals surface area contributed by atoms with Gasteiger partial charge in [0.25, 0.3) is 0 Å². The lowest BCUT2D eigenvalue weighted by molar-refractivity contribution is -0.120. The lowest BCUT2D eigenvalue weighted by Gasteiger charge is -2.36. The SMILES string of the molecule is O=C(Nc1ccc(N2CCN(c3cccc(Cl)c3)CC2)nn1)C1CCCCC1. The molecule has 0 radical (unpaired) electrons. The Hall–Kier alpha value is -2.34. The summed E-state index contributed by atoms with van der Waals surface area (Å²) in [5.74, 6) is 1.59. The number of amides is 1. The van der Waals surface area contributed by atoms with Crippen molar-refractivity contribution in [3.05, 3.63) is 41.4 Å². The zero-order valence-corrected chi connectivity index (χ0v) is 16.7. The summed E-state index contributed by atoms with van der Waals surface area (Å²) in [6, 6.07) is 11.8. The summed E-state index contributed by atoms with van der Waals surface area (Å²) in [7, 11) is 0. The van der Waals surface area contributed by atoms with Gasteiger partial charge in [0, 0.05) is 42.8 Å². The summed E-state index contributed by atoms with van der Waals surface area (Å²) in [5.41, 5.74) is 1.15. The van der Waals surface area contributed by atoms with Gasteiger partial charge >= 0.3 is 0 Å². The topological polar surface area (TPSA) is 61.4 Å². The molecule has 1 amide bonds. The quantitative estimate of drug-likeness (QED) is 0.842. The van der Waals surface area contributed by atoms with Gasteiger partial charge in [0.1, 0.15) is 0 Å². The van der Waals surface area contributed by atoms with Gasteiger partial charge < -0.3 is 15.1 Å². The van der Waals surface area contributed by atoms with Crippen LogP contribution in [0.1, 0.15) is 32.1 Å². The molecule has 1 aliphatic heterocycles. The van der Waals surface area contributed by atoms with E-state index in [4.69, 9.17) is 11.6 Å². The number of halogens is 1. The van der Waals surface area contributed by atoms with Crippen molar-refractivity contribution in [2.45, 2.75) is 32.1 Å². The molecule has 2 heterocycles. The molecule has 7 heteroatoms. The van der Waals surface area contributed by atoms with E-state index in [9.17, 15) is 4.79 Å². The minimum atomic E-state index is 0.0805. The number of nitrogens with zero attached hydrogens (tertiary/aromatic N) is 4. The second-order valence-electron chi connectivity index (χ2n) is 7.55. The minimum absolute atomic E-state index is 0.0805. The van der Waals surface area contributed by atoms with Crippen LogP contribution in [0.15, 0.2) is 36.4 Å². The number of aromatic nitrogens is 2. The van der Waals surface area contributed by atoms with Gasteiger partial charge in [-0.05, 0) is 43.2 Å². The van der Waals surface area contributed by atoms with Gasteiger partial charge in [-0.2, -0.15) is 0 Å². The summed E-state index contributed by atoms with van der Waals surface area (Å²) in [5, 5.41) is 12.2. The number of carbonyl (C=O) groups is 1. The summed E-state index contributed by atoms with van der Waals surface area (Å²) < 4.78 is 0. The predicted molar refractivity (Wildman–Crippen MR) is 113 cm³/mol. The molecule has 1 N–H and O–H groups in total. The lowest BCUT2D eigenvalue weighted by atomic mass is 9.89. The van der Waals surface area contributed by atoms with Crippen LogP contribution in [0, 0.1) is 5.92 Å². The molecular formula is C21H26ClN5O. The third-order valence-electron chi connectivity index (χ3n) is 5.65. The first-order valence-electron chi connectivity index (χ1n) is 10.1. The van der Waals surface area contributed by atoms with Crippen LogP contribution in [-0.4, -0.2) is 42.3 Å². The van der Waals surface area contributed by atoms with Crippen LogP contribution in [0.2, 0.25) is 5.02 Å². The molecule has 1 aliphatic carbocycles. The Morgan fingerprint density at radius 2 is 1.71 bits per heavy atom. The number of nitrogens with one attached hydrogen (secondary N) is 1. The van der Waals surface area contributed by atoms with E-state index in [0.29, 0.717) is 5.82 Å². The molecule has 1 aromatic carbocycles. The first kappa shape index (κ1) is 19.0. The summed E-state index contributed by atoms with van der Waals surface area (Å²) in [6.45, 7) is 3.55. The number of rotatable bonds is 4. The predicted octanol–water partition coefficient (Wildman–Crippen LogP) is 3.98. The Morgan fingerprint density at radius 1 is 0.964 bits per heavy atom. The van der Waals surface area contributed by atoms with Gasteiger partial charge in [0.15, 0.2) is 11.6 Å². The van der Waals surface area contributed by atoms with E-state index in [1.165, 1.54) is 6.42 Å². The second-order valence-corrected chi connectivity index (χ2v) is 7.99. The molecule has 1 saturated carbocycles. The molecule has 148 valence electrons. The van der Waals surface area contributed by atoms with E-state index in [-0.39, 0.29) is 11.8 Å². The first-order chi connectivity index (χ1) is 13.7. The highest BCUT2D eigenvalue weighted by molar-refractivity contribution is 6.30. The molecule has 6 nitrogen and oxygen atoms in total. The second kappa shape index (κ2) is 8.78. The third-order valence-corrected chi connectivity index (χ3v) is 5.89. The van der Waals surface area contributed by atoms with Crippen LogP contribution in [0.25, 0.3) is 0 Å². The number of carbonyl (C=O) groups excluding carboxylic acids is 1. The Morgan fingerprint density at radius 3 is 2.39 bits per heavy atom. The molecule has 4 rings (SSSR count). The van der Waals surface area contributed by atoms with Gasteiger partial charge in [-0.25, -0.2) is 0 Å². The summed E-state index contributed by atoms with van der Waals surface area (Å²) in [6.07, 6.45) is 5.49. The molecule has 0 spiro atoms. The molecule has 1 saturated heterocycles. The van der Waals surface area contributed by atoms with Crippen molar-refractivity contribution in [2.24, 2.45) is 5.92 Å². The normalized spacial score (nSPS) is 18.2. The van der Waals surface area contributed by atoms with Crippen LogP contribution >= 0.6 is 11.6 Å². The Bertz CT molecular complexity index is 799. The number of hydrogen-bond acceptors (Lipinski definition) is 5. The number of anilines is 3. The molecule has 2 aromatic rings. The molecule has 2 aliphatic rings. The molecule has 2 fully saturated rings. The van der Waals surface area contributed by atoms with E-state index in [1.54, 1.807) is 0 Å². The average molecular weight is 400 g/mol. The molecule has 0 atom stereocenters. The van der Waals surface area contributed by atoms with Gasteiger partial charge in [-0.1, -0.05) is 36.9 Å². The highest BCUT2D eigenvalue weighted by atomic mass is 35.5. The Labute approximate surface area is 170 Å². The van der Waals surface area contributed by atoms with Crippen LogP contribution in [0.4, 0.5) is 17.3 Å². The number of hydrogen-bond donors (Lipinski definition) is 1. The summed E-state index contributed by atoms with van der Waals surface area (Å²) in [4.78, 5) is 16.9. The van der Waals surface area contributed by atoms with E-state index in [0.717, 1.165) is 68.4 Å². The maximum atomic E-state index is 12.3. The largest absolute Gasteiger partial charge is 0.368 e. The molecular weight excluding hydrogens is 374 g/mol. The van der Waals surface area contributed by atoms with Crippen LogP contribution in [0.5, 0.6) is 0 Å². The Kier molecular flexibility index (Phi) is 5.95. The molecule has 0 unspecified atom stereocenters. The zero-order valence-electron chi connectivity index (χ0n) is 16.0. The van der Waals surface area contributed by atoms with Crippen LogP contribution < -0.4 is 15.1 Å². The van der Waals surface area contributed by atoms with Crippen LogP contribution in [0.3, 0.4) is 0 Å². The average Bonchev–Trinajstić information content (AvgIpc) is 2.75. The van der Waals surface area contributed by atoms with E-state index in [1.807, 2.05) is 30.3 Å². The lowest BCUT2D eigenvalue weighted by Crippen LogP contribution is -2.46. The van der Waals surface area contributed by atoms with E-state index >= 15 is 0 Å². The van der Waals surface area contributed by atoms with Crippen molar-refractivity contribution in [2.75, 3.05) is 41.3 Å². The first-order valence-corrected chi connectivity index (χ1v) is 10.5. The number of piperazine rings is 1. The van der Waals surface area contributed by atoms with Gasteiger partial charge in [-0.3, -0.25) is 4.79 Å². The van der Waals surface area contributed by atoms with E-state index < -0.39 is 0 Å². The molecule has 1 aromatic heterocycles. The molecule has 28 heavy (non-hydrogen) atoms. The van der Waals surface area contributed by atoms with E-state index in [2.05, 4.69) is 31.4 Å². The summed E-state index contributed by atoms with van der Waals surface area (Å²) >= 11 is 6.10. The minimum Gasteiger partial charge on any atom is -0.368 e. The maximum absolute atomic E-state index is 12.3. The number of benzene rings is 1.